The first-order valence-corrected chi connectivity index (χ1v) is 8.55. The molecule has 1 atom stereocenters. The van der Waals surface area contributed by atoms with E-state index in [1.165, 1.54) is 0 Å². The minimum absolute atomic E-state index is 0.0964. The molecule has 2 heterocycles. The molecule has 0 spiro atoms. The monoisotopic (exact) mass is 348 g/mol. The second kappa shape index (κ2) is 7.32. The summed E-state index contributed by atoms with van der Waals surface area (Å²) < 4.78 is 7.23. The Hall–Kier alpha value is -1.92. The van der Waals surface area contributed by atoms with Crippen molar-refractivity contribution in [2.24, 2.45) is 0 Å². The Kier molecular flexibility index (Phi) is 5.16. The largest absolute Gasteiger partial charge is 0.376 e. The van der Waals surface area contributed by atoms with Gasteiger partial charge in [0.25, 0.3) is 5.91 Å². The molecule has 3 rings (SSSR count). The number of rotatable bonds is 5. The zero-order valence-corrected chi connectivity index (χ0v) is 14.6. The fourth-order valence-electron chi connectivity index (χ4n) is 2.84. The van der Waals surface area contributed by atoms with Crippen molar-refractivity contribution in [3.63, 3.8) is 0 Å². The van der Waals surface area contributed by atoms with Crippen LogP contribution in [0.15, 0.2) is 24.3 Å². The van der Waals surface area contributed by atoms with Crippen LogP contribution in [0.2, 0.25) is 5.02 Å². The number of carbonyl (C=O) groups is 1. The van der Waals surface area contributed by atoms with E-state index in [0.717, 1.165) is 30.8 Å². The third kappa shape index (κ3) is 3.60. The summed E-state index contributed by atoms with van der Waals surface area (Å²) in [5.41, 5.74) is 1.97. The van der Waals surface area contributed by atoms with Crippen molar-refractivity contribution in [3.8, 4) is 5.69 Å². The molecule has 0 radical (unpaired) electrons. The minimum Gasteiger partial charge on any atom is -0.376 e. The molecular formula is C17H21ClN4O2. The highest BCUT2D eigenvalue weighted by Crippen LogP contribution is 2.22. The molecule has 0 bridgehead atoms. The van der Waals surface area contributed by atoms with Crippen molar-refractivity contribution >= 4 is 17.5 Å². The molecule has 1 fully saturated rings. The van der Waals surface area contributed by atoms with Gasteiger partial charge in [0, 0.05) is 18.2 Å². The predicted molar refractivity (Wildman–Crippen MR) is 91.8 cm³/mol. The van der Waals surface area contributed by atoms with E-state index < -0.39 is 0 Å². The maximum atomic E-state index is 12.5. The molecule has 0 saturated carbocycles. The first kappa shape index (κ1) is 16.9. The van der Waals surface area contributed by atoms with Crippen molar-refractivity contribution in [3.05, 3.63) is 40.7 Å². The van der Waals surface area contributed by atoms with Gasteiger partial charge in [0.1, 0.15) is 0 Å². The van der Waals surface area contributed by atoms with Crippen molar-refractivity contribution in [2.75, 3.05) is 13.2 Å². The molecule has 1 saturated heterocycles. The Bertz CT molecular complexity index is 706. The summed E-state index contributed by atoms with van der Waals surface area (Å²) in [5, 5.41) is 11.8. The molecule has 24 heavy (non-hydrogen) atoms. The van der Waals surface area contributed by atoms with Crippen LogP contribution in [0.25, 0.3) is 5.69 Å². The summed E-state index contributed by atoms with van der Waals surface area (Å²) in [6, 6.07) is 7.30. The molecule has 7 heteroatoms. The number of nitrogens with zero attached hydrogens (tertiary/aromatic N) is 3. The van der Waals surface area contributed by atoms with Gasteiger partial charge in [0.15, 0.2) is 5.69 Å². The van der Waals surface area contributed by atoms with Crippen LogP contribution >= 0.6 is 11.6 Å². The van der Waals surface area contributed by atoms with Gasteiger partial charge in [-0.05, 0) is 43.0 Å². The first-order valence-electron chi connectivity index (χ1n) is 8.17. The summed E-state index contributed by atoms with van der Waals surface area (Å²) in [6.45, 7) is 5.30. The number of ether oxygens (including phenoxy) is 1. The van der Waals surface area contributed by atoms with Crippen molar-refractivity contribution in [1.29, 1.82) is 0 Å². The quantitative estimate of drug-likeness (QED) is 0.902. The highest BCUT2D eigenvalue weighted by molar-refractivity contribution is 6.30. The van der Waals surface area contributed by atoms with Crippen LogP contribution in [0.5, 0.6) is 0 Å². The van der Waals surface area contributed by atoms with E-state index in [-0.39, 0.29) is 17.9 Å². The Balaban J connectivity index is 1.82. The Morgan fingerprint density at radius 3 is 2.79 bits per heavy atom. The zero-order valence-electron chi connectivity index (χ0n) is 13.8. The van der Waals surface area contributed by atoms with Crippen molar-refractivity contribution in [2.45, 2.75) is 38.7 Å². The van der Waals surface area contributed by atoms with Crippen LogP contribution < -0.4 is 5.32 Å². The number of carbonyl (C=O) groups excluding carboxylic acids is 1. The lowest BCUT2D eigenvalue weighted by Crippen LogP contribution is -2.32. The van der Waals surface area contributed by atoms with Crippen LogP contribution in [0.4, 0.5) is 0 Å². The molecule has 0 unspecified atom stereocenters. The molecule has 1 aliphatic rings. The Morgan fingerprint density at radius 1 is 1.42 bits per heavy atom. The Morgan fingerprint density at radius 2 is 2.17 bits per heavy atom. The topological polar surface area (TPSA) is 69.0 Å². The van der Waals surface area contributed by atoms with Crippen LogP contribution in [-0.2, 0) is 4.74 Å². The first-order chi connectivity index (χ1) is 11.6. The second-order valence-electron chi connectivity index (χ2n) is 6.21. The lowest BCUT2D eigenvalue weighted by molar-refractivity contribution is 0.0852. The molecule has 0 aliphatic carbocycles. The summed E-state index contributed by atoms with van der Waals surface area (Å²) in [6.07, 6.45) is 2.13. The zero-order chi connectivity index (χ0) is 17.1. The SMILES string of the molecule is CC(C)c1c(C(=O)NC[C@H]2CCCO2)nnn1-c1ccc(Cl)cc1. The molecule has 128 valence electrons. The van der Waals surface area contributed by atoms with E-state index in [2.05, 4.69) is 15.6 Å². The molecule has 1 N–H and O–H groups in total. The van der Waals surface area contributed by atoms with E-state index in [4.69, 9.17) is 16.3 Å². The molecule has 1 aromatic heterocycles. The second-order valence-corrected chi connectivity index (χ2v) is 6.65. The highest BCUT2D eigenvalue weighted by Gasteiger charge is 2.24. The van der Waals surface area contributed by atoms with Gasteiger partial charge in [-0.1, -0.05) is 30.7 Å². The number of amides is 1. The van der Waals surface area contributed by atoms with Gasteiger partial charge in [-0.15, -0.1) is 5.10 Å². The van der Waals surface area contributed by atoms with Gasteiger partial charge in [-0.25, -0.2) is 4.68 Å². The number of halogens is 1. The highest BCUT2D eigenvalue weighted by atomic mass is 35.5. The van der Waals surface area contributed by atoms with E-state index in [9.17, 15) is 4.79 Å². The van der Waals surface area contributed by atoms with Crippen molar-refractivity contribution < 1.29 is 9.53 Å². The van der Waals surface area contributed by atoms with E-state index in [1.54, 1.807) is 16.8 Å². The standard InChI is InChI=1S/C17H21ClN4O2/c1-11(2)16-15(17(23)19-10-14-4-3-9-24-14)20-21-22(16)13-7-5-12(18)6-8-13/h5-8,11,14H,3-4,9-10H2,1-2H3,(H,19,23)/t14-/m1/s1. The average molecular weight is 349 g/mol. The third-order valence-corrected chi connectivity index (χ3v) is 4.30. The normalized spacial score (nSPS) is 17.4. The smallest absolute Gasteiger partial charge is 0.273 e. The fraction of sp³-hybridized carbons (Fsp3) is 0.471. The van der Waals surface area contributed by atoms with Gasteiger partial charge in [-0.3, -0.25) is 4.79 Å². The maximum Gasteiger partial charge on any atom is 0.273 e. The van der Waals surface area contributed by atoms with Crippen LogP contribution in [-0.4, -0.2) is 40.2 Å². The molecule has 1 amide bonds. The van der Waals surface area contributed by atoms with Crippen LogP contribution in [0, 0.1) is 0 Å². The summed E-state index contributed by atoms with van der Waals surface area (Å²) >= 11 is 5.94. The molecule has 1 aliphatic heterocycles. The van der Waals surface area contributed by atoms with Crippen molar-refractivity contribution in [1.82, 2.24) is 20.3 Å². The third-order valence-electron chi connectivity index (χ3n) is 4.05. The summed E-state index contributed by atoms with van der Waals surface area (Å²) in [5.74, 6) is -0.117. The van der Waals surface area contributed by atoms with Crippen LogP contribution in [0.3, 0.4) is 0 Å². The van der Waals surface area contributed by atoms with E-state index in [0.29, 0.717) is 17.3 Å². The van der Waals surface area contributed by atoms with Crippen LogP contribution in [0.1, 0.15) is 48.8 Å². The molecule has 1 aromatic carbocycles. The van der Waals surface area contributed by atoms with Gasteiger partial charge in [0.05, 0.1) is 17.5 Å². The number of hydrogen-bond acceptors (Lipinski definition) is 4. The van der Waals surface area contributed by atoms with Gasteiger partial charge in [0.2, 0.25) is 0 Å². The number of aromatic nitrogens is 3. The maximum absolute atomic E-state index is 12.5. The molecule has 2 aromatic rings. The lowest BCUT2D eigenvalue weighted by Gasteiger charge is -2.13. The number of benzene rings is 1. The molecular weight excluding hydrogens is 328 g/mol. The lowest BCUT2D eigenvalue weighted by atomic mass is 10.1. The number of nitrogens with one attached hydrogen (secondary N) is 1. The van der Waals surface area contributed by atoms with Gasteiger partial charge < -0.3 is 10.1 Å². The molecule has 6 nitrogen and oxygen atoms in total. The predicted octanol–water partition coefficient (Wildman–Crippen LogP) is 2.95. The van der Waals surface area contributed by atoms with E-state index in [1.807, 2.05) is 26.0 Å². The fourth-order valence-corrected chi connectivity index (χ4v) is 2.96. The van der Waals surface area contributed by atoms with Gasteiger partial charge >= 0.3 is 0 Å². The average Bonchev–Trinajstić information content (AvgIpc) is 3.22. The van der Waals surface area contributed by atoms with E-state index >= 15 is 0 Å². The van der Waals surface area contributed by atoms with Gasteiger partial charge in [-0.2, -0.15) is 0 Å². The summed E-state index contributed by atoms with van der Waals surface area (Å²) in [7, 11) is 0. The summed E-state index contributed by atoms with van der Waals surface area (Å²) in [4.78, 5) is 12.5. The number of hydrogen-bond donors (Lipinski definition) is 1. The Labute approximate surface area is 146 Å². The minimum atomic E-state index is -0.214.